The van der Waals surface area contributed by atoms with E-state index in [1.54, 1.807) is 18.5 Å². The molecule has 1 amide bonds. The predicted octanol–water partition coefficient (Wildman–Crippen LogP) is 4.47. The maximum absolute atomic E-state index is 12.7. The molecule has 0 fully saturated rings. The number of aryl methyl sites for hydroxylation is 2. The molecule has 4 rings (SSSR count). The number of nitrogens with one attached hydrogen (secondary N) is 2. The topological polar surface area (TPSA) is 72.5 Å². The van der Waals surface area contributed by atoms with Gasteiger partial charge in [-0.05, 0) is 49.2 Å². The minimum atomic E-state index is -0.202. The second-order valence-electron chi connectivity index (χ2n) is 6.72. The number of carbonyl (C=O) groups is 1. The first-order chi connectivity index (χ1) is 13.6. The Morgan fingerprint density at radius 1 is 0.929 bits per heavy atom. The van der Waals surface area contributed by atoms with Crippen molar-refractivity contribution in [2.75, 3.05) is 23.8 Å². The van der Waals surface area contributed by atoms with Crippen LogP contribution in [0.15, 0.2) is 54.9 Å². The summed E-state index contributed by atoms with van der Waals surface area (Å²) >= 11 is 0. The molecule has 142 valence electrons. The van der Waals surface area contributed by atoms with Crippen LogP contribution in [0.2, 0.25) is 0 Å². The van der Waals surface area contributed by atoms with E-state index in [1.807, 2.05) is 50.2 Å². The second kappa shape index (κ2) is 7.60. The molecule has 0 saturated heterocycles. The molecule has 2 aromatic carbocycles. The van der Waals surface area contributed by atoms with E-state index in [4.69, 9.17) is 9.47 Å². The Kier molecular flexibility index (Phi) is 4.85. The number of amides is 1. The van der Waals surface area contributed by atoms with Crippen molar-refractivity contribution in [1.82, 2.24) is 4.98 Å². The van der Waals surface area contributed by atoms with Crippen molar-refractivity contribution in [3.63, 3.8) is 0 Å². The molecule has 0 spiro atoms. The third kappa shape index (κ3) is 3.91. The lowest BCUT2D eigenvalue weighted by Gasteiger charge is -2.19. The van der Waals surface area contributed by atoms with Gasteiger partial charge in [-0.15, -0.1) is 0 Å². The zero-order valence-electron chi connectivity index (χ0n) is 15.8. The van der Waals surface area contributed by atoms with Crippen molar-refractivity contribution in [3.05, 3.63) is 71.5 Å². The molecular weight excluding hydrogens is 354 g/mol. The summed E-state index contributed by atoms with van der Waals surface area (Å²) in [6.45, 7) is 5.05. The molecule has 1 aliphatic heterocycles. The molecule has 0 saturated carbocycles. The van der Waals surface area contributed by atoms with Crippen LogP contribution in [0.25, 0.3) is 0 Å². The summed E-state index contributed by atoms with van der Waals surface area (Å²) in [5, 5.41) is 6.21. The summed E-state index contributed by atoms with van der Waals surface area (Å²) in [6.07, 6.45) is 3.22. The summed E-state index contributed by atoms with van der Waals surface area (Å²) in [5.41, 5.74) is 4.92. The standard InChI is InChI=1S/C22H21N3O3/c1-14-3-4-15(2)19(9-14)25-22(26)16-10-18(13-23-12-16)24-17-5-6-20-21(11-17)28-8-7-27-20/h3-6,9-13,24H,7-8H2,1-2H3,(H,25,26). The molecule has 2 heterocycles. The van der Waals surface area contributed by atoms with E-state index in [2.05, 4.69) is 15.6 Å². The molecule has 0 radical (unpaired) electrons. The number of rotatable bonds is 4. The third-order valence-corrected chi connectivity index (χ3v) is 4.47. The molecule has 1 aromatic heterocycles. The van der Waals surface area contributed by atoms with Crippen molar-refractivity contribution < 1.29 is 14.3 Å². The first kappa shape index (κ1) is 17.9. The van der Waals surface area contributed by atoms with Crippen LogP contribution in [0.3, 0.4) is 0 Å². The Labute approximate surface area is 163 Å². The number of hydrogen-bond donors (Lipinski definition) is 2. The van der Waals surface area contributed by atoms with Gasteiger partial charge in [0.05, 0.1) is 17.4 Å². The van der Waals surface area contributed by atoms with Crippen LogP contribution < -0.4 is 20.1 Å². The maximum atomic E-state index is 12.7. The number of nitrogens with zero attached hydrogens (tertiary/aromatic N) is 1. The number of benzene rings is 2. The van der Waals surface area contributed by atoms with E-state index in [-0.39, 0.29) is 5.91 Å². The average molecular weight is 375 g/mol. The van der Waals surface area contributed by atoms with Crippen LogP contribution in [0.1, 0.15) is 21.5 Å². The largest absolute Gasteiger partial charge is 0.486 e. The smallest absolute Gasteiger partial charge is 0.257 e. The summed E-state index contributed by atoms with van der Waals surface area (Å²) in [6, 6.07) is 13.4. The molecule has 6 heteroatoms. The van der Waals surface area contributed by atoms with Crippen molar-refractivity contribution >= 4 is 23.0 Å². The third-order valence-electron chi connectivity index (χ3n) is 4.47. The minimum absolute atomic E-state index is 0.202. The van der Waals surface area contributed by atoms with Gasteiger partial charge in [-0.25, -0.2) is 0 Å². The van der Waals surface area contributed by atoms with Gasteiger partial charge in [-0.2, -0.15) is 0 Å². The predicted molar refractivity (Wildman–Crippen MR) is 109 cm³/mol. The van der Waals surface area contributed by atoms with Gasteiger partial charge in [-0.3, -0.25) is 9.78 Å². The summed E-state index contributed by atoms with van der Waals surface area (Å²) in [4.78, 5) is 16.9. The highest BCUT2D eigenvalue weighted by molar-refractivity contribution is 6.05. The summed E-state index contributed by atoms with van der Waals surface area (Å²) in [7, 11) is 0. The Bertz CT molecular complexity index is 1030. The number of hydrogen-bond acceptors (Lipinski definition) is 5. The number of pyridine rings is 1. The first-order valence-electron chi connectivity index (χ1n) is 9.09. The monoisotopic (exact) mass is 375 g/mol. The molecule has 1 aliphatic rings. The summed E-state index contributed by atoms with van der Waals surface area (Å²) in [5.74, 6) is 1.23. The molecule has 0 unspecified atom stereocenters. The Balaban J connectivity index is 1.51. The average Bonchev–Trinajstić information content (AvgIpc) is 2.71. The number of aromatic nitrogens is 1. The molecule has 0 bridgehead atoms. The molecule has 6 nitrogen and oxygen atoms in total. The fraction of sp³-hybridized carbons (Fsp3) is 0.182. The Morgan fingerprint density at radius 3 is 2.61 bits per heavy atom. The van der Waals surface area contributed by atoms with E-state index in [0.29, 0.717) is 30.2 Å². The van der Waals surface area contributed by atoms with Gasteiger partial charge in [0.25, 0.3) is 5.91 Å². The molecule has 0 atom stereocenters. The molecule has 28 heavy (non-hydrogen) atoms. The number of ether oxygens (including phenoxy) is 2. The molecular formula is C22H21N3O3. The lowest BCUT2D eigenvalue weighted by atomic mass is 10.1. The lowest BCUT2D eigenvalue weighted by molar-refractivity contribution is 0.102. The highest BCUT2D eigenvalue weighted by Crippen LogP contribution is 2.33. The van der Waals surface area contributed by atoms with Gasteiger partial charge >= 0.3 is 0 Å². The van der Waals surface area contributed by atoms with Crippen LogP contribution in [0, 0.1) is 13.8 Å². The Morgan fingerprint density at radius 2 is 1.75 bits per heavy atom. The van der Waals surface area contributed by atoms with Crippen LogP contribution in [0.4, 0.5) is 17.1 Å². The fourth-order valence-corrected chi connectivity index (χ4v) is 2.99. The van der Waals surface area contributed by atoms with Gasteiger partial charge in [0, 0.05) is 23.6 Å². The molecule has 0 aliphatic carbocycles. The fourth-order valence-electron chi connectivity index (χ4n) is 2.99. The van der Waals surface area contributed by atoms with Gasteiger partial charge in [0.2, 0.25) is 0 Å². The van der Waals surface area contributed by atoms with Crippen molar-refractivity contribution in [3.8, 4) is 11.5 Å². The van der Waals surface area contributed by atoms with Gasteiger partial charge < -0.3 is 20.1 Å². The van der Waals surface area contributed by atoms with E-state index in [0.717, 1.165) is 28.3 Å². The second-order valence-corrected chi connectivity index (χ2v) is 6.72. The summed E-state index contributed by atoms with van der Waals surface area (Å²) < 4.78 is 11.1. The van der Waals surface area contributed by atoms with Crippen molar-refractivity contribution in [1.29, 1.82) is 0 Å². The van der Waals surface area contributed by atoms with E-state index in [9.17, 15) is 4.79 Å². The van der Waals surface area contributed by atoms with Crippen molar-refractivity contribution in [2.45, 2.75) is 13.8 Å². The van der Waals surface area contributed by atoms with E-state index >= 15 is 0 Å². The normalized spacial score (nSPS) is 12.4. The number of fused-ring (bicyclic) bond motifs is 1. The maximum Gasteiger partial charge on any atom is 0.257 e. The zero-order valence-corrected chi connectivity index (χ0v) is 15.8. The highest BCUT2D eigenvalue weighted by atomic mass is 16.6. The first-order valence-corrected chi connectivity index (χ1v) is 9.09. The Hall–Kier alpha value is -3.54. The van der Waals surface area contributed by atoms with Crippen LogP contribution in [0.5, 0.6) is 11.5 Å². The zero-order chi connectivity index (χ0) is 19.5. The van der Waals surface area contributed by atoms with Gasteiger partial charge in [0.1, 0.15) is 13.2 Å². The van der Waals surface area contributed by atoms with Gasteiger partial charge in [0.15, 0.2) is 11.5 Å². The van der Waals surface area contributed by atoms with Crippen LogP contribution in [-0.2, 0) is 0 Å². The highest BCUT2D eigenvalue weighted by Gasteiger charge is 2.13. The van der Waals surface area contributed by atoms with Crippen molar-refractivity contribution in [2.24, 2.45) is 0 Å². The van der Waals surface area contributed by atoms with Crippen LogP contribution >= 0.6 is 0 Å². The quantitative estimate of drug-likeness (QED) is 0.704. The molecule has 3 aromatic rings. The SMILES string of the molecule is Cc1ccc(C)c(NC(=O)c2cncc(Nc3ccc4c(c3)OCCO4)c2)c1. The lowest BCUT2D eigenvalue weighted by Crippen LogP contribution is -2.15. The number of carbonyl (C=O) groups excluding carboxylic acids is 1. The van der Waals surface area contributed by atoms with E-state index < -0.39 is 0 Å². The van der Waals surface area contributed by atoms with Crippen LogP contribution in [-0.4, -0.2) is 24.1 Å². The molecule has 2 N–H and O–H groups in total. The number of anilines is 3. The minimum Gasteiger partial charge on any atom is -0.486 e. The van der Waals surface area contributed by atoms with Gasteiger partial charge in [-0.1, -0.05) is 12.1 Å². The van der Waals surface area contributed by atoms with E-state index in [1.165, 1.54) is 0 Å².